The summed E-state index contributed by atoms with van der Waals surface area (Å²) in [5.41, 5.74) is 0.0313. The van der Waals surface area contributed by atoms with Crippen LogP contribution < -0.4 is 10.0 Å². The largest absolute Gasteiger partial charge is 0.506 e. The van der Waals surface area contributed by atoms with E-state index in [1.807, 2.05) is 0 Å². The summed E-state index contributed by atoms with van der Waals surface area (Å²) in [6, 6.07) is 5.89. The first kappa shape index (κ1) is 14.2. The predicted octanol–water partition coefficient (Wildman–Crippen LogP) is 1.00. The lowest BCUT2D eigenvalue weighted by atomic mass is 10.3. The van der Waals surface area contributed by atoms with Crippen molar-refractivity contribution in [3.8, 4) is 5.75 Å². The number of anilines is 2. The topological polar surface area (TPSA) is 121 Å². The molecule has 0 aliphatic heterocycles. The van der Waals surface area contributed by atoms with Gasteiger partial charge in [-0.25, -0.2) is 0 Å². The summed E-state index contributed by atoms with van der Waals surface area (Å²) in [4.78, 5) is 10.8. The van der Waals surface area contributed by atoms with Crippen LogP contribution in [-0.2, 0) is 14.8 Å². The Kier molecular flexibility index (Phi) is 3.86. The molecule has 0 fully saturated rings. The molecule has 1 aromatic carbocycles. The molecule has 3 N–H and O–H groups in total. The Balaban J connectivity index is 2.25. The standard InChI is InChI=1S/C10H10N4O4S2/c1-6(15)11-9-12-13-10(19-9)20(17,18)14-7-4-2-3-5-8(7)16/h2-5,14,16H,1H3,(H,11,12,15). The van der Waals surface area contributed by atoms with Crippen molar-refractivity contribution in [3.63, 3.8) is 0 Å². The Labute approximate surface area is 118 Å². The zero-order chi connectivity index (χ0) is 14.8. The molecule has 1 heterocycles. The van der Waals surface area contributed by atoms with Gasteiger partial charge in [0, 0.05) is 6.92 Å². The highest BCUT2D eigenvalue weighted by atomic mass is 32.2. The van der Waals surface area contributed by atoms with E-state index in [4.69, 9.17) is 0 Å². The first-order valence-corrected chi connectivity index (χ1v) is 7.60. The van der Waals surface area contributed by atoms with Gasteiger partial charge in [-0.05, 0) is 12.1 Å². The number of hydrogen-bond donors (Lipinski definition) is 3. The van der Waals surface area contributed by atoms with Crippen molar-refractivity contribution in [2.24, 2.45) is 0 Å². The van der Waals surface area contributed by atoms with Crippen LogP contribution >= 0.6 is 11.3 Å². The van der Waals surface area contributed by atoms with Crippen LogP contribution in [0.3, 0.4) is 0 Å². The van der Waals surface area contributed by atoms with Crippen LogP contribution in [0, 0.1) is 0 Å². The lowest BCUT2D eigenvalue weighted by molar-refractivity contribution is -0.114. The molecule has 0 atom stereocenters. The highest BCUT2D eigenvalue weighted by Gasteiger charge is 2.21. The molecule has 1 aromatic heterocycles. The third-order valence-corrected chi connectivity index (χ3v) is 4.64. The first-order valence-electron chi connectivity index (χ1n) is 5.30. The molecule has 2 aromatic rings. The smallest absolute Gasteiger partial charge is 0.291 e. The third-order valence-electron chi connectivity index (χ3n) is 2.07. The number of benzene rings is 1. The maximum atomic E-state index is 12.0. The van der Waals surface area contributed by atoms with E-state index < -0.39 is 10.0 Å². The van der Waals surface area contributed by atoms with E-state index in [9.17, 15) is 18.3 Å². The Morgan fingerprint density at radius 2 is 2.00 bits per heavy atom. The van der Waals surface area contributed by atoms with Crippen molar-refractivity contribution in [2.45, 2.75) is 11.3 Å². The Hall–Kier alpha value is -2.20. The van der Waals surface area contributed by atoms with Gasteiger partial charge in [-0.2, -0.15) is 8.42 Å². The highest BCUT2D eigenvalue weighted by Crippen LogP contribution is 2.27. The zero-order valence-corrected chi connectivity index (χ0v) is 11.8. The molecular weight excluding hydrogens is 304 g/mol. The van der Waals surface area contributed by atoms with Crippen LogP contribution in [0.4, 0.5) is 10.8 Å². The van der Waals surface area contributed by atoms with Crippen molar-refractivity contribution < 1.29 is 18.3 Å². The van der Waals surface area contributed by atoms with Gasteiger partial charge in [-0.3, -0.25) is 9.52 Å². The number of carbonyl (C=O) groups excluding carboxylic acids is 1. The average molecular weight is 314 g/mol. The van der Waals surface area contributed by atoms with Crippen molar-refractivity contribution in [2.75, 3.05) is 10.0 Å². The van der Waals surface area contributed by atoms with E-state index in [1.165, 1.54) is 19.1 Å². The number of sulfonamides is 1. The molecule has 0 saturated heterocycles. The summed E-state index contributed by atoms with van der Waals surface area (Å²) in [6.07, 6.45) is 0. The normalized spacial score (nSPS) is 11.1. The van der Waals surface area contributed by atoms with E-state index in [0.717, 1.165) is 0 Å². The molecule has 0 aliphatic carbocycles. The van der Waals surface area contributed by atoms with Gasteiger partial charge in [0.1, 0.15) is 5.75 Å². The van der Waals surface area contributed by atoms with Gasteiger partial charge < -0.3 is 10.4 Å². The number of para-hydroxylation sites is 2. The lowest BCUT2D eigenvalue weighted by Crippen LogP contribution is -2.12. The fourth-order valence-corrected chi connectivity index (χ4v) is 3.29. The third kappa shape index (κ3) is 3.22. The Morgan fingerprint density at radius 3 is 2.65 bits per heavy atom. The van der Waals surface area contributed by atoms with Crippen molar-refractivity contribution in [3.05, 3.63) is 24.3 Å². The van der Waals surface area contributed by atoms with Crippen LogP contribution in [0.15, 0.2) is 28.6 Å². The summed E-state index contributed by atoms with van der Waals surface area (Å²) in [7, 11) is -3.97. The van der Waals surface area contributed by atoms with Crippen LogP contribution in [0.1, 0.15) is 6.92 Å². The van der Waals surface area contributed by atoms with Gasteiger partial charge in [0.15, 0.2) is 0 Å². The fourth-order valence-electron chi connectivity index (χ4n) is 1.27. The molecule has 0 radical (unpaired) electrons. The summed E-state index contributed by atoms with van der Waals surface area (Å²) in [5.74, 6) is -0.582. The maximum Gasteiger partial charge on any atom is 0.291 e. The number of nitrogens with zero attached hydrogens (tertiary/aromatic N) is 2. The van der Waals surface area contributed by atoms with Crippen molar-refractivity contribution in [1.82, 2.24) is 10.2 Å². The second-order valence-electron chi connectivity index (χ2n) is 3.68. The quantitative estimate of drug-likeness (QED) is 0.572. The van der Waals surface area contributed by atoms with Crippen LogP contribution in [-0.4, -0.2) is 29.6 Å². The minimum Gasteiger partial charge on any atom is -0.506 e. The minimum absolute atomic E-state index is 0.0313. The molecule has 2 rings (SSSR count). The molecule has 0 saturated carbocycles. The van der Waals surface area contributed by atoms with E-state index >= 15 is 0 Å². The second kappa shape index (κ2) is 5.43. The van der Waals surface area contributed by atoms with Crippen LogP contribution in [0.2, 0.25) is 0 Å². The highest BCUT2D eigenvalue weighted by molar-refractivity contribution is 7.94. The molecule has 0 unspecified atom stereocenters. The van der Waals surface area contributed by atoms with Gasteiger partial charge in [-0.15, -0.1) is 10.2 Å². The molecule has 106 valence electrons. The zero-order valence-electron chi connectivity index (χ0n) is 10.2. The molecular formula is C10H10N4O4S2. The van der Waals surface area contributed by atoms with E-state index in [-0.39, 0.29) is 26.8 Å². The van der Waals surface area contributed by atoms with Gasteiger partial charge in [0.05, 0.1) is 5.69 Å². The first-order chi connectivity index (χ1) is 9.38. The number of hydrogen-bond acceptors (Lipinski definition) is 7. The van der Waals surface area contributed by atoms with Gasteiger partial charge in [0.2, 0.25) is 11.0 Å². The molecule has 0 aliphatic rings. The van der Waals surface area contributed by atoms with Crippen molar-refractivity contribution in [1.29, 1.82) is 0 Å². The van der Waals surface area contributed by atoms with Crippen molar-refractivity contribution >= 4 is 38.1 Å². The maximum absolute atomic E-state index is 12.0. The average Bonchev–Trinajstić information content (AvgIpc) is 2.80. The number of nitrogens with one attached hydrogen (secondary N) is 2. The summed E-state index contributed by atoms with van der Waals surface area (Å²) in [6.45, 7) is 1.27. The van der Waals surface area contributed by atoms with Gasteiger partial charge >= 0.3 is 0 Å². The molecule has 1 amide bonds. The monoisotopic (exact) mass is 314 g/mol. The molecule has 0 spiro atoms. The predicted molar refractivity (Wildman–Crippen MR) is 73.1 cm³/mol. The fraction of sp³-hybridized carbons (Fsp3) is 0.100. The Bertz CT molecular complexity index is 741. The van der Waals surface area contributed by atoms with Crippen LogP contribution in [0.5, 0.6) is 5.75 Å². The summed E-state index contributed by atoms with van der Waals surface area (Å²) >= 11 is 0.707. The SMILES string of the molecule is CC(=O)Nc1nnc(S(=O)(=O)Nc2ccccc2O)s1. The van der Waals surface area contributed by atoms with E-state index in [1.54, 1.807) is 12.1 Å². The molecule has 10 heteroatoms. The number of rotatable bonds is 4. The lowest BCUT2D eigenvalue weighted by Gasteiger charge is -2.06. The van der Waals surface area contributed by atoms with Crippen LogP contribution in [0.25, 0.3) is 0 Å². The number of phenolic OH excluding ortho intramolecular Hbond substituents is 1. The number of aromatic nitrogens is 2. The van der Waals surface area contributed by atoms with E-state index in [2.05, 4.69) is 20.2 Å². The number of amides is 1. The van der Waals surface area contributed by atoms with E-state index in [0.29, 0.717) is 11.3 Å². The van der Waals surface area contributed by atoms with Gasteiger partial charge in [0.25, 0.3) is 14.4 Å². The van der Waals surface area contributed by atoms with Gasteiger partial charge in [-0.1, -0.05) is 23.5 Å². The minimum atomic E-state index is -3.97. The number of carbonyl (C=O) groups is 1. The Morgan fingerprint density at radius 1 is 1.30 bits per heavy atom. The molecule has 20 heavy (non-hydrogen) atoms. The molecule has 0 bridgehead atoms. The second-order valence-corrected chi connectivity index (χ2v) is 6.51. The summed E-state index contributed by atoms with van der Waals surface area (Å²) < 4.78 is 25.9. The number of aromatic hydroxyl groups is 1. The molecule has 8 nitrogen and oxygen atoms in total. The number of phenols is 1. The summed E-state index contributed by atoms with van der Waals surface area (Å²) in [5, 5.41) is 19.0.